The fourth-order valence-electron chi connectivity index (χ4n) is 12.3. The SMILES string of the molecule is Cc1c(-c2ccc(N3CCc4cccc(C(=O)Nc5nc6ccccc6s5)c4C3)nc2C(=O)O)cnn1CC12CC3(C)CC(C)(C1)CC(OCCNCCC(=O)N(C)C)(C3)C2. The maximum absolute atomic E-state index is 13.7. The van der Waals surface area contributed by atoms with Crippen LogP contribution >= 0.6 is 11.3 Å². The number of pyridine rings is 1. The van der Waals surface area contributed by atoms with Crippen LogP contribution in [0.15, 0.2) is 60.8 Å². The molecule has 5 aromatic rings. The van der Waals surface area contributed by atoms with Gasteiger partial charge in [0.25, 0.3) is 5.91 Å². The number of carboxylic acid groups (broad SMARTS) is 1. The number of benzene rings is 2. The van der Waals surface area contributed by atoms with Gasteiger partial charge in [0.2, 0.25) is 5.91 Å². The van der Waals surface area contributed by atoms with Crippen molar-refractivity contribution in [1.29, 1.82) is 0 Å². The summed E-state index contributed by atoms with van der Waals surface area (Å²) in [5, 5.41) is 22.5. The van der Waals surface area contributed by atoms with Crippen molar-refractivity contribution in [3.8, 4) is 11.1 Å². The minimum Gasteiger partial charge on any atom is -0.476 e. The first-order valence-electron chi connectivity index (χ1n) is 21.5. The Labute approximate surface area is 360 Å². The summed E-state index contributed by atoms with van der Waals surface area (Å²) in [6.07, 6.45) is 9.47. The molecule has 4 heterocycles. The summed E-state index contributed by atoms with van der Waals surface area (Å²) in [7, 11) is 3.57. The predicted molar refractivity (Wildman–Crippen MR) is 237 cm³/mol. The summed E-state index contributed by atoms with van der Waals surface area (Å²) in [5.74, 6) is -0.656. The van der Waals surface area contributed by atoms with E-state index >= 15 is 0 Å². The van der Waals surface area contributed by atoms with Crippen LogP contribution in [0, 0.1) is 23.2 Å². The number of anilines is 2. The smallest absolute Gasteiger partial charge is 0.355 e. The van der Waals surface area contributed by atoms with Crippen molar-refractivity contribution in [3.63, 3.8) is 0 Å². The van der Waals surface area contributed by atoms with E-state index in [0.717, 1.165) is 71.2 Å². The van der Waals surface area contributed by atoms with Gasteiger partial charge in [0, 0.05) is 75.6 Å². The number of thiazole rings is 1. The van der Waals surface area contributed by atoms with Gasteiger partial charge in [-0.05, 0) is 110 Å². The molecule has 4 bridgehead atoms. The van der Waals surface area contributed by atoms with E-state index < -0.39 is 5.97 Å². The lowest BCUT2D eigenvalue weighted by Gasteiger charge is -2.69. The Kier molecular flexibility index (Phi) is 10.5. The van der Waals surface area contributed by atoms with Crippen molar-refractivity contribution in [1.82, 2.24) is 30.0 Å². The first-order valence-corrected chi connectivity index (χ1v) is 22.3. The average molecular weight is 845 g/mol. The number of carbonyl (C=O) groups is 3. The van der Waals surface area contributed by atoms with E-state index in [-0.39, 0.29) is 39.4 Å². The second-order valence-electron chi connectivity index (χ2n) is 19.2. The monoisotopic (exact) mass is 844 g/mol. The molecule has 13 nitrogen and oxygen atoms in total. The number of hydrogen-bond donors (Lipinski definition) is 3. The molecule has 2 unspecified atom stereocenters. The summed E-state index contributed by atoms with van der Waals surface area (Å²) >= 11 is 1.44. The largest absolute Gasteiger partial charge is 0.476 e. The van der Waals surface area contributed by atoms with Crippen LogP contribution in [0.1, 0.15) is 96.5 Å². The van der Waals surface area contributed by atoms with E-state index in [9.17, 15) is 19.5 Å². The Morgan fingerprint density at radius 2 is 1.70 bits per heavy atom. The molecule has 0 saturated heterocycles. The molecule has 3 aromatic heterocycles. The van der Waals surface area contributed by atoms with Crippen molar-refractivity contribution < 1.29 is 24.2 Å². The van der Waals surface area contributed by atoms with Crippen molar-refractivity contribution in [2.45, 2.75) is 90.8 Å². The van der Waals surface area contributed by atoms with Crippen LogP contribution in [0.2, 0.25) is 0 Å². The predicted octanol–water partition coefficient (Wildman–Crippen LogP) is 7.58. The van der Waals surface area contributed by atoms with Gasteiger partial charge in [0.15, 0.2) is 10.8 Å². The topological polar surface area (TPSA) is 155 Å². The number of nitrogens with zero attached hydrogens (tertiary/aromatic N) is 6. The lowest BCUT2D eigenvalue weighted by Crippen LogP contribution is -2.64. The van der Waals surface area contributed by atoms with Gasteiger partial charge in [-0.2, -0.15) is 5.10 Å². The molecule has 5 aliphatic rings. The van der Waals surface area contributed by atoms with E-state index in [1.807, 2.05) is 55.5 Å². The number of amides is 2. The summed E-state index contributed by atoms with van der Waals surface area (Å²) in [6, 6.07) is 17.4. The summed E-state index contributed by atoms with van der Waals surface area (Å²) < 4.78 is 9.98. The highest BCUT2D eigenvalue weighted by Crippen LogP contribution is 2.72. The molecule has 4 aliphatic carbocycles. The number of aromatic carboxylic acids is 1. The van der Waals surface area contributed by atoms with Crippen LogP contribution in [-0.2, 0) is 29.0 Å². The van der Waals surface area contributed by atoms with Crippen LogP contribution in [0.5, 0.6) is 0 Å². The van der Waals surface area contributed by atoms with Gasteiger partial charge in [0.05, 0.1) is 28.6 Å². The standard InChI is InChI=1S/C47H56N8O5S/c1-30-34(21-49-55(30)29-46-24-44(2)23-45(3,25-46)27-47(26-44,28-46)60-20-18-48-17-15-39(56)53(4)5)32-13-14-38(51-40(32)42(58)59)54-19-16-31-9-8-10-33(35(31)22-54)41(57)52-43-50-36-11-6-7-12-37(36)61-43/h6-14,21,48H,15-20,22-29H2,1-5H3,(H,58,59)(H,50,52,57). The lowest BCUT2D eigenvalue weighted by atomic mass is 9.39. The third-order valence-corrected chi connectivity index (χ3v) is 14.6. The van der Waals surface area contributed by atoms with E-state index in [1.165, 1.54) is 17.8 Å². The highest BCUT2D eigenvalue weighted by atomic mass is 32.1. The van der Waals surface area contributed by atoms with Crippen LogP contribution in [0.4, 0.5) is 10.9 Å². The molecule has 4 fully saturated rings. The normalized spacial score (nSPS) is 25.2. The van der Waals surface area contributed by atoms with E-state index in [0.29, 0.717) is 67.7 Å². The second kappa shape index (κ2) is 15.6. The molecule has 2 amide bonds. The highest BCUT2D eigenvalue weighted by molar-refractivity contribution is 7.22. The fraction of sp³-hybridized carbons (Fsp3) is 0.489. The molecule has 2 atom stereocenters. The molecule has 1 aliphatic heterocycles. The Balaban J connectivity index is 0.913. The van der Waals surface area contributed by atoms with E-state index in [2.05, 4.69) is 45.1 Å². The van der Waals surface area contributed by atoms with Crippen molar-refractivity contribution in [3.05, 3.63) is 88.9 Å². The summed E-state index contributed by atoms with van der Waals surface area (Å²) in [6.45, 7) is 10.7. The van der Waals surface area contributed by atoms with Crippen molar-refractivity contribution in [2.24, 2.45) is 16.2 Å². The molecule has 10 rings (SSSR count). The number of aromatic nitrogens is 4. The van der Waals surface area contributed by atoms with Gasteiger partial charge in [0.1, 0.15) is 5.82 Å². The molecule has 2 aromatic carbocycles. The van der Waals surface area contributed by atoms with E-state index in [1.54, 1.807) is 25.2 Å². The minimum atomic E-state index is -1.10. The van der Waals surface area contributed by atoms with Crippen LogP contribution in [0.25, 0.3) is 21.3 Å². The quantitative estimate of drug-likeness (QED) is 0.0954. The molecule has 61 heavy (non-hydrogen) atoms. The number of nitrogens with one attached hydrogen (secondary N) is 2. The zero-order valence-electron chi connectivity index (χ0n) is 35.8. The zero-order chi connectivity index (χ0) is 42.7. The molecule has 0 spiro atoms. The number of rotatable bonds is 14. The van der Waals surface area contributed by atoms with Crippen molar-refractivity contribution in [2.75, 3.05) is 50.6 Å². The summed E-state index contributed by atoms with van der Waals surface area (Å²) in [4.78, 5) is 51.6. The number of para-hydroxylation sites is 1. The number of fused-ring (bicyclic) bond motifs is 2. The number of ether oxygens (including phenoxy) is 1. The molecule has 4 saturated carbocycles. The molecule has 3 N–H and O–H groups in total. The van der Waals surface area contributed by atoms with Gasteiger partial charge < -0.3 is 25.0 Å². The first kappa shape index (κ1) is 41.2. The maximum Gasteiger partial charge on any atom is 0.355 e. The second-order valence-corrected chi connectivity index (χ2v) is 20.3. The Bertz CT molecular complexity index is 2480. The molecule has 320 valence electrons. The third kappa shape index (κ3) is 8.05. The Morgan fingerprint density at radius 1 is 0.918 bits per heavy atom. The number of hydrogen-bond acceptors (Lipinski definition) is 10. The lowest BCUT2D eigenvalue weighted by molar-refractivity contribution is -0.247. The minimum absolute atomic E-state index is 0.00426. The third-order valence-electron chi connectivity index (χ3n) is 13.7. The Hall–Kier alpha value is -5.18. The number of carboxylic acids is 1. The molecule has 14 heteroatoms. The molecule has 0 radical (unpaired) electrons. The van der Waals surface area contributed by atoms with Crippen molar-refractivity contribution >= 4 is 50.3 Å². The molecular formula is C47H56N8O5S. The van der Waals surface area contributed by atoms with Gasteiger partial charge in [-0.15, -0.1) is 0 Å². The average Bonchev–Trinajstić information content (AvgIpc) is 3.78. The van der Waals surface area contributed by atoms with Gasteiger partial charge in [-0.25, -0.2) is 14.8 Å². The zero-order valence-corrected chi connectivity index (χ0v) is 36.7. The first-order chi connectivity index (χ1) is 29.1. The van der Waals surface area contributed by atoms with Gasteiger partial charge in [-0.3, -0.25) is 19.6 Å². The number of carbonyl (C=O) groups excluding carboxylic acids is 2. The molecular weight excluding hydrogens is 789 g/mol. The van der Waals surface area contributed by atoms with Gasteiger partial charge >= 0.3 is 5.97 Å². The van der Waals surface area contributed by atoms with Crippen LogP contribution in [0.3, 0.4) is 0 Å². The fourth-order valence-corrected chi connectivity index (χ4v) is 13.2. The highest BCUT2D eigenvalue weighted by Gasteiger charge is 2.66. The Morgan fingerprint density at radius 3 is 2.46 bits per heavy atom. The van der Waals surface area contributed by atoms with Gasteiger partial charge in [-0.1, -0.05) is 49.4 Å². The van der Waals surface area contributed by atoms with Crippen LogP contribution < -0.4 is 15.5 Å². The maximum atomic E-state index is 13.7. The van der Waals surface area contributed by atoms with Crippen LogP contribution in [-0.4, -0.2) is 93.5 Å². The van der Waals surface area contributed by atoms with E-state index in [4.69, 9.17) is 14.8 Å². The summed E-state index contributed by atoms with van der Waals surface area (Å²) in [5.41, 5.74) is 5.76.